The molecule has 178 valence electrons. The van der Waals surface area contributed by atoms with E-state index in [1.165, 1.54) is 12.3 Å². The quantitative estimate of drug-likeness (QED) is 0.290. The van der Waals surface area contributed by atoms with Gasteiger partial charge in [0.2, 0.25) is 0 Å². The van der Waals surface area contributed by atoms with Gasteiger partial charge in [-0.3, -0.25) is 15.1 Å². The maximum Gasteiger partial charge on any atom is 0.159 e. The van der Waals surface area contributed by atoms with E-state index in [1.807, 2.05) is 19.9 Å². The molecule has 0 aliphatic rings. The molecule has 10 heteroatoms. The van der Waals surface area contributed by atoms with Gasteiger partial charge in [0.15, 0.2) is 11.5 Å². The number of rotatable bonds is 5. The van der Waals surface area contributed by atoms with Crippen LogP contribution in [0.4, 0.5) is 14.5 Å². The minimum atomic E-state index is -0.500. The van der Waals surface area contributed by atoms with Crippen LogP contribution in [0.2, 0.25) is 0 Å². The van der Waals surface area contributed by atoms with Gasteiger partial charge >= 0.3 is 0 Å². The molecule has 8 nitrogen and oxygen atoms in total. The highest BCUT2D eigenvalue weighted by Gasteiger charge is 2.22. The molecule has 5 heterocycles. The van der Waals surface area contributed by atoms with Crippen LogP contribution in [-0.2, 0) is 0 Å². The Morgan fingerprint density at radius 1 is 0.944 bits per heavy atom. The second-order valence-corrected chi connectivity index (χ2v) is 8.66. The molecular formula is C26H20F2N8. The number of hydrogen-bond acceptors (Lipinski definition) is 6. The highest BCUT2D eigenvalue weighted by molar-refractivity contribution is 5.96. The van der Waals surface area contributed by atoms with Crippen molar-refractivity contribution in [2.45, 2.75) is 19.9 Å². The van der Waals surface area contributed by atoms with E-state index in [2.05, 4.69) is 40.4 Å². The smallest absolute Gasteiger partial charge is 0.159 e. The summed E-state index contributed by atoms with van der Waals surface area (Å²) in [5.41, 5.74) is 3.97. The predicted molar refractivity (Wildman–Crippen MR) is 134 cm³/mol. The molecule has 0 spiro atoms. The van der Waals surface area contributed by atoms with Crippen LogP contribution in [0.1, 0.15) is 13.8 Å². The number of hydrogen-bond donors (Lipinski definition) is 3. The fraction of sp³-hybridized carbons (Fsp3) is 0.115. The molecule has 0 bridgehead atoms. The zero-order valence-corrected chi connectivity index (χ0v) is 19.3. The van der Waals surface area contributed by atoms with E-state index >= 15 is 4.39 Å². The number of H-pyrrole nitrogens is 2. The van der Waals surface area contributed by atoms with E-state index in [9.17, 15) is 4.39 Å². The second kappa shape index (κ2) is 8.49. The molecule has 0 saturated carbocycles. The van der Waals surface area contributed by atoms with Crippen molar-refractivity contribution in [2.75, 3.05) is 5.32 Å². The predicted octanol–water partition coefficient (Wildman–Crippen LogP) is 5.72. The van der Waals surface area contributed by atoms with Crippen LogP contribution in [0.3, 0.4) is 0 Å². The molecule has 36 heavy (non-hydrogen) atoms. The molecule has 0 amide bonds. The average molecular weight is 482 g/mol. The molecule has 0 aliphatic heterocycles. The van der Waals surface area contributed by atoms with Gasteiger partial charge in [0, 0.05) is 47.5 Å². The van der Waals surface area contributed by atoms with Crippen LogP contribution in [0.5, 0.6) is 0 Å². The Hall–Kier alpha value is -4.73. The van der Waals surface area contributed by atoms with E-state index < -0.39 is 11.6 Å². The number of nitrogens with one attached hydrogen (secondary N) is 3. The number of aromatic nitrogens is 7. The van der Waals surface area contributed by atoms with E-state index in [0.717, 1.165) is 5.69 Å². The fourth-order valence-corrected chi connectivity index (χ4v) is 4.22. The van der Waals surface area contributed by atoms with Crippen molar-refractivity contribution >= 4 is 27.8 Å². The minimum Gasteiger partial charge on any atom is -0.382 e. The summed E-state index contributed by atoms with van der Waals surface area (Å²) < 4.78 is 30.4. The van der Waals surface area contributed by atoms with Crippen molar-refractivity contribution in [2.24, 2.45) is 0 Å². The summed E-state index contributed by atoms with van der Waals surface area (Å²) in [5.74, 6) is -0.594. The average Bonchev–Trinajstić information content (AvgIpc) is 3.49. The summed E-state index contributed by atoms with van der Waals surface area (Å²) in [6, 6.07) is 10.1. The maximum absolute atomic E-state index is 15.9. The lowest BCUT2D eigenvalue weighted by Crippen LogP contribution is -2.09. The fourth-order valence-electron chi connectivity index (χ4n) is 4.22. The van der Waals surface area contributed by atoms with Gasteiger partial charge in [-0.1, -0.05) is 12.1 Å². The van der Waals surface area contributed by atoms with Crippen LogP contribution in [0.25, 0.3) is 56.0 Å². The number of pyridine rings is 3. The Labute approximate surface area is 203 Å². The molecule has 6 aromatic rings. The van der Waals surface area contributed by atoms with Gasteiger partial charge in [0.25, 0.3) is 0 Å². The Kier molecular flexibility index (Phi) is 5.14. The number of halogens is 2. The Morgan fingerprint density at radius 2 is 1.81 bits per heavy atom. The third-order valence-corrected chi connectivity index (χ3v) is 5.78. The van der Waals surface area contributed by atoms with E-state index in [4.69, 9.17) is 0 Å². The first-order valence-electron chi connectivity index (χ1n) is 11.3. The first-order valence-corrected chi connectivity index (χ1v) is 11.3. The Morgan fingerprint density at radius 3 is 2.64 bits per heavy atom. The van der Waals surface area contributed by atoms with Gasteiger partial charge < -0.3 is 10.3 Å². The zero-order valence-electron chi connectivity index (χ0n) is 19.3. The topological polar surface area (TPSA) is 108 Å². The highest BCUT2D eigenvalue weighted by atomic mass is 19.1. The first kappa shape index (κ1) is 21.8. The number of anilines is 1. The molecule has 0 atom stereocenters. The maximum atomic E-state index is 15.9. The third kappa shape index (κ3) is 3.63. The van der Waals surface area contributed by atoms with Crippen molar-refractivity contribution < 1.29 is 8.78 Å². The van der Waals surface area contributed by atoms with Gasteiger partial charge in [0.05, 0.1) is 16.6 Å². The summed E-state index contributed by atoms with van der Waals surface area (Å²) >= 11 is 0. The SMILES string of the molecule is CC(C)Nc1cncc(-c2cnc3[nH]nc(-c4nc5c(-c6ccccc6F)nccc5[nH]4)c3c2F)c1. The van der Waals surface area contributed by atoms with Crippen LogP contribution in [0.15, 0.2) is 61.2 Å². The van der Waals surface area contributed by atoms with Crippen LogP contribution in [-0.4, -0.2) is 41.2 Å². The number of imidazole rings is 1. The van der Waals surface area contributed by atoms with Crippen molar-refractivity contribution in [3.63, 3.8) is 0 Å². The standard InChI is InChI=1S/C26H20F2N8/c1-13(2)32-15-9-14(10-29-11-15)17-12-31-25-20(21(17)28)24(35-36-25)26-33-19-7-8-30-22(23(19)34-26)16-5-3-4-6-18(16)27/h3-13,32H,1-2H3,(H,33,34)(H,31,35,36). The summed E-state index contributed by atoms with van der Waals surface area (Å²) in [5, 5.41) is 10.5. The lowest BCUT2D eigenvalue weighted by molar-refractivity contribution is 0.631. The molecule has 3 N–H and O–H groups in total. The van der Waals surface area contributed by atoms with Crippen LogP contribution >= 0.6 is 0 Å². The summed E-state index contributed by atoms with van der Waals surface area (Å²) in [7, 11) is 0. The lowest BCUT2D eigenvalue weighted by Gasteiger charge is -2.11. The Balaban J connectivity index is 1.50. The number of aromatic amines is 2. The monoisotopic (exact) mass is 482 g/mol. The molecule has 0 radical (unpaired) electrons. The largest absolute Gasteiger partial charge is 0.382 e. The summed E-state index contributed by atoms with van der Waals surface area (Å²) in [6.07, 6.45) is 6.30. The number of nitrogens with zero attached hydrogens (tertiary/aromatic N) is 5. The van der Waals surface area contributed by atoms with E-state index in [1.54, 1.807) is 42.9 Å². The minimum absolute atomic E-state index is 0.189. The van der Waals surface area contributed by atoms with Gasteiger partial charge in [-0.05, 0) is 38.1 Å². The van der Waals surface area contributed by atoms with Gasteiger partial charge in [-0.15, -0.1) is 0 Å². The molecule has 5 aromatic heterocycles. The number of benzene rings is 1. The molecule has 0 fully saturated rings. The first-order chi connectivity index (χ1) is 17.5. The van der Waals surface area contributed by atoms with Crippen LogP contribution < -0.4 is 5.32 Å². The third-order valence-electron chi connectivity index (χ3n) is 5.78. The van der Waals surface area contributed by atoms with E-state index in [0.29, 0.717) is 33.7 Å². The molecule has 0 unspecified atom stereocenters. The number of fused-ring (bicyclic) bond motifs is 2. The van der Waals surface area contributed by atoms with Crippen molar-refractivity contribution in [1.82, 2.24) is 35.1 Å². The molecule has 0 aliphatic carbocycles. The highest BCUT2D eigenvalue weighted by Crippen LogP contribution is 2.34. The summed E-state index contributed by atoms with van der Waals surface area (Å²) in [4.78, 5) is 20.8. The van der Waals surface area contributed by atoms with Crippen molar-refractivity contribution in [3.8, 4) is 33.9 Å². The van der Waals surface area contributed by atoms with E-state index in [-0.39, 0.29) is 28.3 Å². The summed E-state index contributed by atoms with van der Waals surface area (Å²) in [6.45, 7) is 4.03. The molecule has 0 saturated heterocycles. The Bertz CT molecular complexity index is 1740. The molecule has 1 aromatic carbocycles. The zero-order chi connectivity index (χ0) is 24.8. The normalized spacial score (nSPS) is 11.6. The lowest BCUT2D eigenvalue weighted by atomic mass is 10.1. The van der Waals surface area contributed by atoms with Gasteiger partial charge in [-0.25, -0.2) is 18.7 Å². The van der Waals surface area contributed by atoms with Crippen LogP contribution in [0, 0.1) is 11.6 Å². The molecular weight excluding hydrogens is 462 g/mol. The second-order valence-electron chi connectivity index (χ2n) is 8.66. The molecule has 6 rings (SSSR count). The van der Waals surface area contributed by atoms with Crippen molar-refractivity contribution in [3.05, 3.63) is 72.8 Å². The van der Waals surface area contributed by atoms with Gasteiger partial charge in [0.1, 0.15) is 28.5 Å². The van der Waals surface area contributed by atoms with Crippen molar-refractivity contribution in [1.29, 1.82) is 0 Å². The van der Waals surface area contributed by atoms with Gasteiger partial charge in [-0.2, -0.15) is 5.10 Å².